The number of H-pyrrole nitrogens is 1. The summed E-state index contributed by atoms with van der Waals surface area (Å²) in [6, 6.07) is 8.34. The Labute approximate surface area is 151 Å². The standard InChI is InChI=1S/C18H22N4O2S/c1-12-19-17(21-20-12)25-11-16(24)22-8-6-18(7-9-22)14-5-3-2-4-13(14)10-15(18)23/h2-5,15,23H,6-11H2,1H3,(H,19,20,21)/t15-/m0/s1. The van der Waals surface area contributed by atoms with E-state index in [2.05, 4.69) is 27.3 Å². The van der Waals surface area contributed by atoms with Crippen LogP contribution >= 0.6 is 11.8 Å². The maximum absolute atomic E-state index is 12.5. The average molecular weight is 358 g/mol. The van der Waals surface area contributed by atoms with Gasteiger partial charge in [0.25, 0.3) is 0 Å². The molecule has 2 aromatic rings. The number of carbonyl (C=O) groups excluding carboxylic acids is 1. The molecule has 4 rings (SSSR count). The Morgan fingerprint density at radius 1 is 1.40 bits per heavy atom. The summed E-state index contributed by atoms with van der Waals surface area (Å²) in [5.41, 5.74) is 2.35. The Morgan fingerprint density at radius 3 is 2.88 bits per heavy atom. The molecule has 1 amide bonds. The van der Waals surface area contributed by atoms with Crippen LogP contribution in [0.1, 0.15) is 29.8 Å². The highest BCUT2D eigenvalue weighted by molar-refractivity contribution is 7.99. The molecular formula is C18H22N4O2S. The molecule has 132 valence electrons. The number of piperidine rings is 1. The van der Waals surface area contributed by atoms with Crippen LogP contribution in [0.5, 0.6) is 0 Å². The molecule has 1 aromatic carbocycles. The molecule has 0 radical (unpaired) electrons. The van der Waals surface area contributed by atoms with Gasteiger partial charge in [0.15, 0.2) is 0 Å². The van der Waals surface area contributed by atoms with Gasteiger partial charge >= 0.3 is 0 Å². The Kier molecular flexibility index (Phi) is 4.29. The van der Waals surface area contributed by atoms with E-state index in [1.165, 1.54) is 22.9 Å². The third-order valence-electron chi connectivity index (χ3n) is 5.51. The second-order valence-electron chi connectivity index (χ2n) is 6.91. The molecule has 1 fully saturated rings. The second-order valence-corrected chi connectivity index (χ2v) is 7.85. The fourth-order valence-electron chi connectivity index (χ4n) is 4.13. The van der Waals surface area contributed by atoms with Gasteiger partial charge in [-0.2, -0.15) is 0 Å². The van der Waals surface area contributed by atoms with Crippen LogP contribution in [0.4, 0.5) is 0 Å². The van der Waals surface area contributed by atoms with Gasteiger partial charge < -0.3 is 10.0 Å². The predicted molar refractivity (Wildman–Crippen MR) is 95.5 cm³/mol. The number of fused-ring (bicyclic) bond motifs is 2. The first-order chi connectivity index (χ1) is 12.1. The monoisotopic (exact) mass is 358 g/mol. The highest BCUT2D eigenvalue weighted by Crippen LogP contribution is 2.46. The number of aromatic amines is 1. The molecular weight excluding hydrogens is 336 g/mol. The van der Waals surface area contributed by atoms with Gasteiger partial charge in [0.1, 0.15) is 5.82 Å². The van der Waals surface area contributed by atoms with Crippen molar-refractivity contribution >= 4 is 17.7 Å². The van der Waals surface area contributed by atoms with Crippen LogP contribution in [0.2, 0.25) is 0 Å². The number of aromatic nitrogens is 3. The van der Waals surface area contributed by atoms with E-state index in [0.29, 0.717) is 24.0 Å². The topological polar surface area (TPSA) is 82.1 Å². The van der Waals surface area contributed by atoms with Crippen LogP contribution in [0.15, 0.2) is 29.4 Å². The zero-order chi connectivity index (χ0) is 17.4. The summed E-state index contributed by atoms with van der Waals surface area (Å²) in [6.45, 7) is 3.23. The molecule has 1 aliphatic heterocycles. The fraction of sp³-hybridized carbons (Fsp3) is 0.500. The van der Waals surface area contributed by atoms with Gasteiger partial charge in [-0.05, 0) is 37.3 Å². The largest absolute Gasteiger partial charge is 0.392 e. The van der Waals surface area contributed by atoms with E-state index >= 15 is 0 Å². The minimum absolute atomic E-state index is 0.114. The molecule has 0 bridgehead atoms. The number of nitrogens with one attached hydrogen (secondary N) is 1. The summed E-state index contributed by atoms with van der Waals surface area (Å²) < 4.78 is 0. The molecule has 1 atom stereocenters. The van der Waals surface area contributed by atoms with Crippen molar-refractivity contribution in [3.8, 4) is 0 Å². The molecule has 25 heavy (non-hydrogen) atoms. The number of hydrogen-bond acceptors (Lipinski definition) is 5. The van der Waals surface area contributed by atoms with Gasteiger partial charge in [-0.1, -0.05) is 36.0 Å². The number of amides is 1. The van der Waals surface area contributed by atoms with Gasteiger partial charge in [0.05, 0.1) is 11.9 Å². The maximum atomic E-state index is 12.5. The van der Waals surface area contributed by atoms with Gasteiger partial charge in [-0.3, -0.25) is 9.89 Å². The van der Waals surface area contributed by atoms with Crippen LogP contribution < -0.4 is 0 Å². The van der Waals surface area contributed by atoms with Gasteiger partial charge in [0, 0.05) is 18.5 Å². The summed E-state index contributed by atoms with van der Waals surface area (Å²) in [7, 11) is 0. The summed E-state index contributed by atoms with van der Waals surface area (Å²) in [4.78, 5) is 18.6. The number of carbonyl (C=O) groups is 1. The zero-order valence-corrected chi connectivity index (χ0v) is 15.1. The lowest BCUT2D eigenvalue weighted by Gasteiger charge is -2.42. The molecule has 1 aliphatic carbocycles. The second kappa shape index (κ2) is 6.46. The lowest BCUT2D eigenvalue weighted by Crippen LogP contribution is -2.49. The molecule has 6 nitrogen and oxygen atoms in total. The SMILES string of the molecule is Cc1nc(SCC(=O)N2CCC3(CC2)c2ccccc2C[C@@H]3O)n[nH]1. The van der Waals surface area contributed by atoms with Crippen LogP contribution in [0.3, 0.4) is 0 Å². The molecule has 1 saturated heterocycles. The average Bonchev–Trinajstić information content (AvgIpc) is 3.16. The minimum atomic E-state index is -0.340. The minimum Gasteiger partial charge on any atom is -0.392 e. The highest BCUT2D eigenvalue weighted by atomic mass is 32.2. The van der Waals surface area contributed by atoms with Crippen molar-refractivity contribution in [3.63, 3.8) is 0 Å². The first kappa shape index (κ1) is 16.6. The number of likely N-dealkylation sites (tertiary alicyclic amines) is 1. The number of nitrogens with zero attached hydrogens (tertiary/aromatic N) is 3. The predicted octanol–water partition coefficient (Wildman–Crippen LogP) is 1.68. The maximum Gasteiger partial charge on any atom is 0.233 e. The van der Waals surface area contributed by atoms with Gasteiger partial charge in [0.2, 0.25) is 11.1 Å². The molecule has 7 heteroatoms. The number of aryl methyl sites for hydroxylation is 1. The molecule has 0 unspecified atom stereocenters. The van der Waals surface area contributed by atoms with Gasteiger partial charge in [-0.25, -0.2) is 4.98 Å². The molecule has 1 spiro atoms. The van der Waals surface area contributed by atoms with E-state index in [4.69, 9.17) is 0 Å². The zero-order valence-electron chi connectivity index (χ0n) is 14.2. The fourth-order valence-corrected chi connectivity index (χ4v) is 4.88. The number of thioether (sulfide) groups is 1. The van der Waals surface area contributed by atoms with Crippen molar-refractivity contribution in [1.29, 1.82) is 0 Å². The third-order valence-corrected chi connectivity index (χ3v) is 6.35. The lowest BCUT2D eigenvalue weighted by atomic mass is 9.72. The Morgan fingerprint density at radius 2 is 2.16 bits per heavy atom. The third kappa shape index (κ3) is 2.95. The normalized spacial score (nSPS) is 21.5. The van der Waals surface area contributed by atoms with E-state index in [9.17, 15) is 9.90 Å². The van der Waals surface area contributed by atoms with Crippen molar-refractivity contribution in [1.82, 2.24) is 20.1 Å². The van der Waals surface area contributed by atoms with Crippen molar-refractivity contribution in [3.05, 3.63) is 41.2 Å². The number of rotatable bonds is 3. The van der Waals surface area contributed by atoms with Crippen LogP contribution in [0.25, 0.3) is 0 Å². The number of benzene rings is 1. The van der Waals surface area contributed by atoms with E-state index in [0.717, 1.165) is 25.1 Å². The summed E-state index contributed by atoms with van der Waals surface area (Å²) in [5, 5.41) is 18.1. The molecule has 2 N–H and O–H groups in total. The Balaban J connectivity index is 1.39. The van der Waals surface area contributed by atoms with Gasteiger partial charge in [-0.15, -0.1) is 5.10 Å². The summed E-state index contributed by atoms with van der Waals surface area (Å²) in [5.74, 6) is 1.22. The van der Waals surface area contributed by atoms with E-state index in [1.807, 2.05) is 24.0 Å². The van der Waals surface area contributed by atoms with Crippen LogP contribution in [-0.2, 0) is 16.6 Å². The van der Waals surface area contributed by atoms with Crippen molar-refractivity contribution in [2.45, 2.75) is 42.9 Å². The highest BCUT2D eigenvalue weighted by Gasteiger charge is 2.47. The molecule has 2 aliphatic rings. The lowest BCUT2D eigenvalue weighted by molar-refractivity contribution is -0.130. The van der Waals surface area contributed by atoms with Crippen molar-refractivity contribution < 1.29 is 9.90 Å². The van der Waals surface area contributed by atoms with Crippen LogP contribution in [-0.4, -0.2) is 56.0 Å². The molecule has 2 heterocycles. The first-order valence-electron chi connectivity index (χ1n) is 8.64. The Bertz CT molecular complexity index is 783. The van der Waals surface area contributed by atoms with Crippen molar-refractivity contribution in [2.75, 3.05) is 18.8 Å². The smallest absolute Gasteiger partial charge is 0.233 e. The number of aliphatic hydroxyl groups is 1. The number of aliphatic hydroxyl groups excluding tert-OH is 1. The first-order valence-corrected chi connectivity index (χ1v) is 9.63. The van der Waals surface area contributed by atoms with E-state index < -0.39 is 0 Å². The summed E-state index contributed by atoms with van der Waals surface area (Å²) in [6.07, 6.45) is 2.03. The number of hydrogen-bond donors (Lipinski definition) is 2. The van der Waals surface area contributed by atoms with Crippen LogP contribution in [0, 0.1) is 6.92 Å². The Hall–Kier alpha value is -1.86. The molecule has 0 saturated carbocycles. The molecule has 1 aromatic heterocycles. The van der Waals surface area contributed by atoms with E-state index in [-0.39, 0.29) is 17.4 Å². The quantitative estimate of drug-likeness (QED) is 0.816. The summed E-state index contributed by atoms with van der Waals surface area (Å²) >= 11 is 1.36. The van der Waals surface area contributed by atoms with Crippen molar-refractivity contribution in [2.24, 2.45) is 0 Å². The van der Waals surface area contributed by atoms with E-state index in [1.54, 1.807) is 0 Å².